The molecule has 0 heterocycles. The van der Waals surface area contributed by atoms with Crippen molar-refractivity contribution in [2.45, 2.75) is 26.4 Å². The van der Waals surface area contributed by atoms with Gasteiger partial charge in [-0.25, -0.2) is 8.78 Å². The summed E-state index contributed by atoms with van der Waals surface area (Å²) < 4.78 is 27.2. The zero-order valence-electron chi connectivity index (χ0n) is 11.0. The van der Waals surface area contributed by atoms with Gasteiger partial charge >= 0.3 is 0 Å². The highest BCUT2D eigenvalue weighted by atomic mass is 19.1. The van der Waals surface area contributed by atoms with Crippen LogP contribution >= 0.6 is 0 Å². The lowest BCUT2D eigenvalue weighted by molar-refractivity contribution is 0.174. The Hall–Kier alpha value is -1.74. The number of hydrogen-bond acceptors (Lipinski definition) is 1. The Bertz CT molecular complexity index is 553. The summed E-state index contributed by atoms with van der Waals surface area (Å²) in [6, 6.07) is 9.38. The van der Waals surface area contributed by atoms with Gasteiger partial charge in [-0.2, -0.15) is 0 Å². The lowest BCUT2D eigenvalue weighted by Gasteiger charge is -2.17. The lowest BCUT2D eigenvalue weighted by Crippen LogP contribution is -2.08. The van der Waals surface area contributed by atoms with Gasteiger partial charge < -0.3 is 5.11 Å². The zero-order chi connectivity index (χ0) is 14.0. The first-order valence-corrected chi connectivity index (χ1v) is 6.17. The fraction of sp³-hybridized carbons (Fsp3) is 0.250. The molecule has 0 saturated carbocycles. The quantitative estimate of drug-likeness (QED) is 0.890. The van der Waals surface area contributed by atoms with E-state index in [0.717, 1.165) is 16.7 Å². The van der Waals surface area contributed by atoms with Crippen molar-refractivity contribution in [2.75, 3.05) is 0 Å². The summed E-state index contributed by atoms with van der Waals surface area (Å²) in [7, 11) is 0. The van der Waals surface area contributed by atoms with E-state index >= 15 is 0 Å². The Morgan fingerprint density at radius 2 is 1.42 bits per heavy atom. The molecule has 2 rings (SSSR count). The molecule has 0 bridgehead atoms. The van der Waals surface area contributed by atoms with Crippen molar-refractivity contribution in [1.29, 1.82) is 0 Å². The van der Waals surface area contributed by atoms with E-state index in [0.29, 0.717) is 0 Å². The highest BCUT2D eigenvalue weighted by Crippen LogP contribution is 2.26. The van der Waals surface area contributed by atoms with E-state index < -0.39 is 17.7 Å². The van der Waals surface area contributed by atoms with Crippen molar-refractivity contribution in [3.63, 3.8) is 0 Å². The van der Waals surface area contributed by atoms with Crippen LogP contribution in [0.4, 0.5) is 8.78 Å². The van der Waals surface area contributed by atoms with Crippen LogP contribution in [-0.4, -0.2) is 5.11 Å². The van der Waals surface area contributed by atoms with Crippen molar-refractivity contribution >= 4 is 0 Å². The number of aliphatic hydroxyl groups excluding tert-OH is 1. The summed E-state index contributed by atoms with van der Waals surface area (Å²) in [6.45, 7) is 3.76. The van der Waals surface area contributed by atoms with Crippen LogP contribution in [0.2, 0.25) is 0 Å². The molecule has 0 fully saturated rings. The van der Waals surface area contributed by atoms with E-state index in [4.69, 9.17) is 0 Å². The summed E-state index contributed by atoms with van der Waals surface area (Å²) >= 11 is 0. The molecule has 0 radical (unpaired) electrons. The highest BCUT2D eigenvalue weighted by Gasteiger charge is 2.18. The minimum Gasteiger partial charge on any atom is -0.388 e. The Morgan fingerprint density at radius 1 is 0.947 bits per heavy atom. The third kappa shape index (κ3) is 2.82. The van der Waals surface area contributed by atoms with Gasteiger partial charge in [0.2, 0.25) is 0 Å². The fourth-order valence-corrected chi connectivity index (χ4v) is 2.38. The first kappa shape index (κ1) is 13.7. The number of benzene rings is 2. The van der Waals surface area contributed by atoms with Gasteiger partial charge in [-0.15, -0.1) is 0 Å². The maximum Gasteiger partial charge on any atom is 0.129 e. The maximum absolute atomic E-state index is 13.6. The van der Waals surface area contributed by atoms with Gasteiger partial charge in [-0.3, -0.25) is 0 Å². The molecule has 100 valence electrons. The Kier molecular flexibility index (Phi) is 3.96. The van der Waals surface area contributed by atoms with Gasteiger partial charge in [0.25, 0.3) is 0 Å². The molecule has 1 atom stereocenters. The number of rotatable bonds is 3. The summed E-state index contributed by atoms with van der Waals surface area (Å²) in [5.74, 6) is -1.24. The molecule has 0 aliphatic carbocycles. The van der Waals surface area contributed by atoms with Crippen molar-refractivity contribution in [3.05, 3.63) is 70.3 Å². The highest BCUT2D eigenvalue weighted by molar-refractivity contribution is 5.36. The predicted molar refractivity (Wildman–Crippen MR) is 70.9 cm³/mol. The molecule has 1 N–H and O–H groups in total. The number of aryl methyl sites for hydroxylation is 2. The Labute approximate surface area is 111 Å². The minimum atomic E-state index is -0.910. The fourth-order valence-electron chi connectivity index (χ4n) is 2.38. The van der Waals surface area contributed by atoms with Crippen molar-refractivity contribution in [3.8, 4) is 0 Å². The minimum absolute atomic E-state index is 0.0653. The lowest BCUT2D eigenvalue weighted by atomic mass is 9.93. The first-order valence-electron chi connectivity index (χ1n) is 6.17. The predicted octanol–water partition coefficient (Wildman–Crippen LogP) is 3.86. The van der Waals surface area contributed by atoms with Crippen LogP contribution in [-0.2, 0) is 6.42 Å². The molecule has 0 aliphatic heterocycles. The van der Waals surface area contributed by atoms with E-state index in [1.165, 1.54) is 18.2 Å². The molecule has 1 unspecified atom stereocenters. The molecule has 0 amide bonds. The normalized spacial score (nSPS) is 12.5. The average Bonchev–Trinajstić information content (AvgIpc) is 2.34. The standard InChI is InChI=1S/C16H16F2O/c1-10-5-3-6-11(2)16(10)15(19)9-12-13(17)7-4-8-14(12)18/h3-8,15,19H,9H2,1-2H3. The molecular formula is C16H16F2O. The number of halogens is 2. The van der Waals surface area contributed by atoms with Crippen LogP contribution in [0.1, 0.15) is 28.4 Å². The molecular weight excluding hydrogens is 246 g/mol. The van der Waals surface area contributed by atoms with Gasteiger partial charge in [-0.1, -0.05) is 24.3 Å². The molecule has 0 spiro atoms. The molecule has 19 heavy (non-hydrogen) atoms. The second-order valence-electron chi connectivity index (χ2n) is 4.73. The number of aliphatic hydroxyl groups is 1. The molecule has 2 aromatic rings. The van der Waals surface area contributed by atoms with Crippen LogP contribution in [0.5, 0.6) is 0 Å². The zero-order valence-corrected chi connectivity index (χ0v) is 11.0. The third-order valence-electron chi connectivity index (χ3n) is 3.33. The van der Waals surface area contributed by atoms with Crippen LogP contribution in [0.25, 0.3) is 0 Å². The smallest absolute Gasteiger partial charge is 0.129 e. The third-order valence-corrected chi connectivity index (χ3v) is 3.33. The van der Waals surface area contributed by atoms with Crippen LogP contribution < -0.4 is 0 Å². The first-order chi connectivity index (χ1) is 9.00. The van der Waals surface area contributed by atoms with E-state index in [-0.39, 0.29) is 12.0 Å². The van der Waals surface area contributed by atoms with Crippen molar-refractivity contribution < 1.29 is 13.9 Å². The van der Waals surface area contributed by atoms with Gasteiger partial charge in [0.15, 0.2) is 0 Å². The van der Waals surface area contributed by atoms with Gasteiger partial charge in [0.1, 0.15) is 11.6 Å². The molecule has 3 heteroatoms. The van der Waals surface area contributed by atoms with Gasteiger partial charge in [0.05, 0.1) is 6.10 Å². The summed E-state index contributed by atoms with van der Waals surface area (Å²) in [6.07, 6.45) is -0.975. The van der Waals surface area contributed by atoms with E-state index in [1.807, 2.05) is 32.0 Å². The molecule has 2 aromatic carbocycles. The SMILES string of the molecule is Cc1cccc(C)c1C(O)Cc1c(F)cccc1F. The van der Waals surface area contributed by atoms with E-state index in [9.17, 15) is 13.9 Å². The topological polar surface area (TPSA) is 20.2 Å². The van der Waals surface area contributed by atoms with Gasteiger partial charge in [0, 0.05) is 12.0 Å². The van der Waals surface area contributed by atoms with Crippen molar-refractivity contribution in [2.24, 2.45) is 0 Å². The molecule has 0 saturated heterocycles. The largest absolute Gasteiger partial charge is 0.388 e. The van der Waals surface area contributed by atoms with Crippen LogP contribution in [0.3, 0.4) is 0 Å². The summed E-state index contributed by atoms with van der Waals surface area (Å²) in [4.78, 5) is 0. The maximum atomic E-state index is 13.6. The monoisotopic (exact) mass is 262 g/mol. The second-order valence-corrected chi connectivity index (χ2v) is 4.73. The van der Waals surface area contributed by atoms with E-state index in [2.05, 4.69) is 0 Å². The average molecular weight is 262 g/mol. The summed E-state index contributed by atoms with van der Waals surface area (Å²) in [5, 5.41) is 10.3. The van der Waals surface area contributed by atoms with Crippen molar-refractivity contribution in [1.82, 2.24) is 0 Å². The van der Waals surface area contributed by atoms with Crippen LogP contribution in [0.15, 0.2) is 36.4 Å². The number of hydrogen-bond donors (Lipinski definition) is 1. The van der Waals surface area contributed by atoms with Gasteiger partial charge in [-0.05, 0) is 42.7 Å². The Balaban J connectivity index is 2.34. The molecule has 0 aromatic heterocycles. The molecule has 1 nitrogen and oxygen atoms in total. The Morgan fingerprint density at radius 3 is 1.95 bits per heavy atom. The summed E-state index contributed by atoms with van der Waals surface area (Å²) in [5.41, 5.74) is 2.51. The van der Waals surface area contributed by atoms with E-state index in [1.54, 1.807) is 0 Å². The van der Waals surface area contributed by atoms with Crippen LogP contribution in [0, 0.1) is 25.5 Å². The second kappa shape index (κ2) is 5.49. The molecule has 0 aliphatic rings.